The number of aromatic nitrogens is 1. The van der Waals surface area contributed by atoms with E-state index in [9.17, 15) is 0 Å². The molecule has 0 spiro atoms. The molecule has 3 N–H and O–H groups in total. The van der Waals surface area contributed by atoms with E-state index < -0.39 is 0 Å². The van der Waals surface area contributed by atoms with Crippen molar-refractivity contribution >= 4 is 5.69 Å². The van der Waals surface area contributed by atoms with Gasteiger partial charge in [-0.15, -0.1) is 0 Å². The normalized spacial score (nSPS) is 12.5. The van der Waals surface area contributed by atoms with Gasteiger partial charge in [0.1, 0.15) is 6.61 Å². The zero-order valence-electron chi connectivity index (χ0n) is 12.1. The zero-order chi connectivity index (χ0) is 14.1. The van der Waals surface area contributed by atoms with Gasteiger partial charge < -0.3 is 20.5 Å². The molecule has 0 aromatic carbocycles. The number of hydrogen-bond acceptors (Lipinski definition) is 5. The van der Waals surface area contributed by atoms with E-state index in [1.165, 1.54) is 0 Å². The second-order valence-electron chi connectivity index (χ2n) is 4.85. The Labute approximate surface area is 115 Å². The van der Waals surface area contributed by atoms with Gasteiger partial charge in [-0.2, -0.15) is 0 Å². The fourth-order valence-electron chi connectivity index (χ4n) is 1.64. The summed E-state index contributed by atoms with van der Waals surface area (Å²) >= 11 is 0. The van der Waals surface area contributed by atoms with Crippen LogP contribution in [0.25, 0.3) is 0 Å². The first kappa shape index (κ1) is 15.7. The molecule has 1 aromatic heterocycles. The standard InChI is InChI=1S/C14H25N3O2/c1-11(2)12(8-15)9-16-13-4-5-14(17-10-13)19-7-6-18-3/h4-5,10-12,16H,6-9,15H2,1-3H3. The highest BCUT2D eigenvalue weighted by atomic mass is 16.5. The largest absolute Gasteiger partial charge is 0.475 e. The van der Waals surface area contributed by atoms with Gasteiger partial charge in [0.25, 0.3) is 0 Å². The van der Waals surface area contributed by atoms with Crippen LogP contribution in [-0.4, -0.2) is 38.4 Å². The van der Waals surface area contributed by atoms with Crippen molar-refractivity contribution in [1.82, 2.24) is 4.98 Å². The number of nitrogens with one attached hydrogen (secondary N) is 1. The molecule has 0 saturated heterocycles. The van der Waals surface area contributed by atoms with Crippen molar-refractivity contribution in [3.8, 4) is 5.88 Å². The molecule has 0 aliphatic heterocycles. The van der Waals surface area contributed by atoms with Crippen molar-refractivity contribution in [2.75, 3.05) is 38.7 Å². The summed E-state index contributed by atoms with van der Waals surface area (Å²) in [6.07, 6.45) is 1.77. The molecule has 1 unspecified atom stereocenters. The van der Waals surface area contributed by atoms with Crippen LogP contribution in [0.15, 0.2) is 18.3 Å². The van der Waals surface area contributed by atoms with Gasteiger partial charge in [-0.25, -0.2) is 4.98 Å². The first-order valence-electron chi connectivity index (χ1n) is 6.69. The summed E-state index contributed by atoms with van der Waals surface area (Å²) < 4.78 is 10.3. The van der Waals surface area contributed by atoms with Crippen molar-refractivity contribution in [2.24, 2.45) is 17.6 Å². The number of rotatable bonds is 9. The van der Waals surface area contributed by atoms with E-state index in [-0.39, 0.29) is 0 Å². The molecule has 1 heterocycles. The Morgan fingerprint density at radius 2 is 2.11 bits per heavy atom. The molecule has 5 nitrogen and oxygen atoms in total. The average molecular weight is 267 g/mol. The van der Waals surface area contributed by atoms with Crippen LogP contribution in [0.4, 0.5) is 5.69 Å². The van der Waals surface area contributed by atoms with Crippen LogP contribution >= 0.6 is 0 Å². The van der Waals surface area contributed by atoms with Crippen molar-refractivity contribution in [1.29, 1.82) is 0 Å². The van der Waals surface area contributed by atoms with E-state index in [1.807, 2.05) is 12.1 Å². The van der Waals surface area contributed by atoms with Crippen molar-refractivity contribution in [3.05, 3.63) is 18.3 Å². The first-order chi connectivity index (χ1) is 9.17. The van der Waals surface area contributed by atoms with Gasteiger partial charge in [-0.05, 0) is 24.4 Å². The Bertz CT molecular complexity index is 341. The molecule has 5 heteroatoms. The number of ether oxygens (including phenoxy) is 2. The number of anilines is 1. The van der Waals surface area contributed by atoms with Crippen LogP contribution in [0.3, 0.4) is 0 Å². The topological polar surface area (TPSA) is 69.4 Å². The van der Waals surface area contributed by atoms with E-state index in [2.05, 4.69) is 24.1 Å². The predicted octanol–water partition coefficient (Wildman–Crippen LogP) is 1.75. The van der Waals surface area contributed by atoms with Gasteiger partial charge in [-0.1, -0.05) is 13.8 Å². The molecule has 108 valence electrons. The molecule has 0 fully saturated rings. The summed E-state index contributed by atoms with van der Waals surface area (Å²) in [5.41, 5.74) is 6.73. The van der Waals surface area contributed by atoms with Crippen molar-refractivity contribution in [3.63, 3.8) is 0 Å². The van der Waals surface area contributed by atoms with Crippen LogP contribution in [0.2, 0.25) is 0 Å². The lowest BCUT2D eigenvalue weighted by atomic mass is 9.96. The fraction of sp³-hybridized carbons (Fsp3) is 0.643. The van der Waals surface area contributed by atoms with Crippen LogP contribution in [0.5, 0.6) is 5.88 Å². The third-order valence-electron chi connectivity index (χ3n) is 3.09. The molecule has 0 radical (unpaired) electrons. The average Bonchev–Trinajstić information content (AvgIpc) is 2.41. The van der Waals surface area contributed by atoms with Gasteiger partial charge in [0.05, 0.1) is 18.5 Å². The maximum atomic E-state index is 5.74. The van der Waals surface area contributed by atoms with Gasteiger partial charge in [0.2, 0.25) is 5.88 Å². The summed E-state index contributed by atoms with van der Waals surface area (Å²) in [6.45, 7) is 7.00. The van der Waals surface area contributed by atoms with E-state index in [0.717, 1.165) is 12.2 Å². The van der Waals surface area contributed by atoms with Gasteiger partial charge in [-0.3, -0.25) is 0 Å². The maximum Gasteiger partial charge on any atom is 0.213 e. The number of methoxy groups -OCH3 is 1. The van der Waals surface area contributed by atoms with E-state index in [4.69, 9.17) is 15.2 Å². The summed E-state index contributed by atoms with van der Waals surface area (Å²) in [4.78, 5) is 4.23. The van der Waals surface area contributed by atoms with Gasteiger partial charge >= 0.3 is 0 Å². The Morgan fingerprint density at radius 1 is 1.32 bits per heavy atom. The molecule has 19 heavy (non-hydrogen) atoms. The summed E-state index contributed by atoms with van der Waals surface area (Å²) in [7, 11) is 1.65. The molecule has 1 rings (SSSR count). The fourth-order valence-corrected chi connectivity index (χ4v) is 1.64. The highest BCUT2D eigenvalue weighted by Gasteiger charge is 2.10. The predicted molar refractivity (Wildman–Crippen MR) is 77.5 cm³/mol. The SMILES string of the molecule is COCCOc1ccc(NCC(CN)C(C)C)cn1. The Balaban J connectivity index is 2.39. The van der Waals surface area contributed by atoms with Crippen LogP contribution in [0.1, 0.15) is 13.8 Å². The lowest BCUT2D eigenvalue weighted by molar-refractivity contribution is 0.144. The smallest absolute Gasteiger partial charge is 0.213 e. The third kappa shape index (κ3) is 5.89. The van der Waals surface area contributed by atoms with Gasteiger partial charge in [0.15, 0.2) is 0 Å². The van der Waals surface area contributed by atoms with Crippen LogP contribution in [-0.2, 0) is 4.74 Å². The Morgan fingerprint density at radius 3 is 2.63 bits per heavy atom. The van der Waals surface area contributed by atoms with Crippen molar-refractivity contribution < 1.29 is 9.47 Å². The lowest BCUT2D eigenvalue weighted by Crippen LogP contribution is -2.27. The Kier molecular flexibility index (Phi) is 7.22. The lowest BCUT2D eigenvalue weighted by Gasteiger charge is -2.19. The maximum absolute atomic E-state index is 5.74. The summed E-state index contributed by atoms with van der Waals surface area (Å²) in [5, 5.41) is 3.35. The monoisotopic (exact) mass is 267 g/mol. The molecule has 0 bridgehead atoms. The van der Waals surface area contributed by atoms with E-state index in [0.29, 0.717) is 37.5 Å². The number of pyridine rings is 1. The van der Waals surface area contributed by atoms with Crippen molar-refractivity contribution in [2.45, 2.75) is 13.8 Å². The molecule has 0 aliphatic rings. The second kappa shape index (κ2) is 8.72. The Hall–Kier alpha value is -1.33. The molecule has 0 aliphatic carbocycles. The molecule has 1 aromatic rings. The highest BCUT2D eigenvalue weighted by Crippen LogP contribution is 2.14. The highest BCUT2D eigenvalue weighted by molar-refractivity contribution is 5.42. The van der Waals surface area contributed by atoms with E-state index in [1.54, 1.807) is 13.3 Å². The van der Waals surface area contributed by atoms with Crippen LogP contribution < -0.4 is 15.8 Å². The van der Waals surface area contributed by atoms with E-state index >= 15 is 0 Å². The molecule has 0 amide bonds. The minimum absolute atomic E-state index is 0.470. The van der Waals surface area contributed by atoms with Crippen LogP contribution in [0, 0.1) is 11.8 Å². The third-order valence-corrected chi connectivity index (χ3v) is 3.09. The second-order valence-corrected chi connectivity index (χ2v) is 4.85. The molecular formula is C14H25N3O2. The molecular weight excluding hydrogens is 242 g/mol. The first-order valence-corrected chi connectivity index (χ1v) is 6.69. The quantitative estimate of drug-likeness (QED) is 0.667. The summed E-state index contributed by atoms with van der Waals surface area (Å²) in [6, 6.07) is 3.81. The number of hydrogen-bond donors (Lipinski definition) is 2. The molecule has 1 atom stereocenters. The zero-order valence-corrected chi connectivity index (χ0v) is 12.1. The minimum atomic E-state index is 0.470. The number of nitrogens with two attached hydrogens (primary N) is 1. The minimum Gasteiger partial charge on any atom is -0.475 e. The number of nitrogens with zero attached hydrogens (tertiary/aromatic N) is 1. The van der Waals surface area contributed by atoms with Gasteiger partial charge in [0, 0.05) is 19.7 Å². The summed E-state index contributed by atoms with van der Waals surface area (Å²) in [5.74, 6) is 1.65. The molecule has 0 saturated carbocycles.